The summed E-state index contributed by atoms with van der Waals surface area (Å²) in [5.74, 6) is -1.52. The van der Waals surface area contributed by atoms with Crippen LogP contribution in [0.4, 0.5) is 0 Å². The van der Waals surface area contributed by atoms with E-state index in [0.717, 1.165) is 128 Å². The maximum absolute atomic E-state index is 12.9. The molecule has 0 fully saturated rings. The van der Waals surface area contributed by atoms with Crippen molar-refractivity contribution in [3.63, 3.8) is 0 Å². The Labute approximate surface area is 463 Å². The Morgan fingerprint density at radius 3 is 1.07 bits per heavy atom. The smallest absolute Gasteiger partial charge is 0.462 e. The highest BCUT2D eigenvalue weighted by molar-refractivity contribution is 7.47. The largest absolute Gasteiger partial charge is 0.472 e. The third kappa shape index (κ3) is 55.2. The molecule has 0 aliphatic rings. The average molecular weight is 1090 g/mol. The van der Waals surface area contributed by atoms with Gasteiger partial charge >= 0.3 is 25.7 Å². The molecule has 12 heteroatoms. The third-order valence-electron chi connectivity index (χ3n) is 12.5. The number of carbonyl (C=O) groups is 3. The Hall–Kier alpha value is -3.60. The normalized spacial score (nSPS) is 14.0. The second kappa shape index (κ2) is 57.6. The number of phosphoric ester groups is 1. The molecule has 0 saturated heterocycles. The number of aliphatic hydroxyl groups is 1. The van der Waals surface area contributed by atoms with Crippen molar-refractivity contribution in [2.24, 2.45) is 0 Å². The Balaban J connectivity index is 4.79. The van der Waals surface area contributed by atoms with Gasteiger partial charge in [0.05, 0.1) is 19.8 Å². The van der Waals surface area contributed by atoms with E-state index in [9.17, 15) is 28.9 Å². The van der Waals surface area contributed by atoms with Gasteiger partial charge in [-0.1, -0.05) is 208 Å². The molecule has 2 N–H and O–H groups in total. The molecule has 0 radical (unpaired) electrons. The van der Waals surface area contributed by atoms with Crippen molar-refractivity contribution in [2.75, 3.05) is 26.4 Å². The van der Waals surface area contributed by atoms with E-state index < -0.39 is 57.8 Å². The zero-order valence-electron chi connectivity index (χ0n) is 48.2. The number of carbonyl (C=O) groups excluding carboxylic acids is 3. The van der Waals surface area contributed by atoms with Crippen LogP contribution in [0, 0.1) is 0 Å². The van der Waals surface area contributed by atoms with E-state index in [4.69, 9.17) is 23.3 Å². The summed E-state index contributed by atoms with van der Waals surface area (Å²) in [5.41, 5.74) is 0. The second-order valence-corrected chi connectivity index (χ2v) is 21.2. The van der Waals surface area contributed by atoms with Gasteiger partial charge in [0.25, 0.3) is 0 Å². The number of phosphoric acid groups is 1. The molecule has 0 rings (SSSR count). The Kier molecular flexibility index (Phi) is 54.8. The second-order valence-electron chi connectivity index (χ2n) is 19.8. The summed E-state index contributed by atoms with van der Waals surface area (Å²) in [6, 6.07) is 0. The molecule has 11 nitrogen and oxygen atoms in total. The lowest BCUT2D eigenvalue weighted by Gasteiger charge is -2.21. The van der Waals surface area contributed by atoms with Gasteiger partial charge in [-0.3, -0.25) is 23.4 Å². The summed E-state index contributed by atoms with van der Waals surface area (Å²) in [6.45, 7) is 4.43. The van der Waals surface area contributed by atoms with Gasteiger partial charge in [0, 0.05) is 19.3 Å². The van der Waals surface area contributed by atoms with Gasteiger partial charge in [-0.15, -0.1) is 0 Å². The molecule has 0 aromatic heterocycles. The molecule has 0 aliphatic carbocycles. The quantitative estimate of drug-likeness (QED) is 0.0197. The molecule has 0 saturated carbocycles. The minimum absolute atomic E-state index is 0.137. The number of unbranched alkanes of at least 4 members (excludes halogenated alkanes) is 22. The lowest BCUT2D eigenvalue weighted by atomic mass is 10.1. The molecular formula is C64H109O11P. The molecule has 0 amide bonds. The summed E-state index contributed by atoms with van der Waals surface area (Å²) in [6.07, 6.45) is 67.9. The van der Waals surface area contributed by atoms with Crippen molar-refractivity contribution in [1.82, 2.24) is 0 Å². The molecule has 0 heterocycles. The highest BCUT2D eigenvalue weighted by Gasteiger charge is 2.28. The zero-order chi connectivity index (χ0) is 55.5. The number of ether oxygens (including phenoxy) is 3. The average Bonchev–Trinajstić information content (AvgIpc) is 3.41. The van der Waals surface area contributed by atoms with Crippen molar-refractivity contribution in [3.05, 3.63) is 97.2 Å². The fourth-order valence-electron chi connectivity index (χ4n) is 7.88. The molecule has 76 heavy (non-hydrogen) atoms. The van der Waals surface area contributed by atoms with Crippen LogP contribution >= 0.6 is 7.82 Å². The molecule has 0 aromatic rings. The fourth-order valence-corrected chi connectivity index (χ4v) is 8.66. The van der Waals surface area contributed by atoms with E-state index in [0.29, 0.717) is 19.3 Å². The molecule has 0 aromatic carbocycles. The maximum atomic E-state index is 12.9. The van der Waals surface area contributed by atoms with Crippen LogP contribution in [0.15, 0.2) is 97.2 Å². The molecule has 0 aliphatic heterocycles. The van der Waals surface area contributed by atoms with E-state index >= 15 is 0 Å². The van der Waals surface area contributed by atoms with Crippen molar-refractivity contribution >= 4 is 25.7 Å². The first kappa shape index (κ1) is 72.4. The number of aliphatic hydroxyl groups excluding tert-OH is 1. The van der Waals surface area contributed by atoms with Crippen LogP contribution in [0.2, 0.25) is 0 Å². The predicted octanol–water partition coefficient (Wildman–Crippen LogP) is 18.0. The Bertz CT molecular complexity index is 1640. The van der Waals surface area contributed by atoms with Gasteiger partial charge in [-0.05, 0) is 122 Å². The van der Waals surface area contributed by atoms with Gasteiger partial charge in [0.15, 0.2) is 6.10 Å². The number of rotatable bonds is 55. The monoisotopic (exact) mass is 1080 g/mol. The predicted molar refractivity (Wildman–Crippen MR) is 316 cm³/mol. The fraction of sp³-hybridized carbons (Fsp3) is 0.703. The summed E-state index contributed by atoms with van der Waals surface area (Å²) in [5, 5.41) is 9.81. The molecule has 3 atom stereocenters. The zero-order valence-corrected chi connectivity index (χ0v) is 49.1. The van der Waals surface area contributed by atoms with E-state index in [1.807, 2.05) is 0 Å². The summed E-state index contributed by atoms with van der Waals surface area (Å²) in [7, 11) is -4.77. The highest BCUT2D eigenvalue weighted by atomic mass is 31.2. The van der Waals surface area contributed by atoms with Gasteiger partial charge < -0.3 is 24.2 Å². The minimum Gasteiger partial charge on any atom is -0.462 e. The van der Waals surface area contributed by atoms with Crippen molar-refractivity contribution in [3.8, 4) is 0 Å². The Morgan fingerprint density at radius 1 is 0.382 bits per heavy atom. The number of allylic oxidation sites excluding steroid dienone is 16. The topological polar surface area (TPSA) is 155 Å². The van der Waals surface area contributed by atoms with E-state index in [1.54, 1.807) is 0 Å². The van der Waals surface area contributed by atoms with Crippen molar-refractivity contribution in [2.45, 2.75) is 264 Å². The molecule has 3 unspecified atom stereocenters. The number of esters is 3. The van der Waals surface area contributed by atoms with Gasteiger partial charge in [-0.2, -0.15) is 0 Å². The third-order valence-corrected chi connectivity index (χ3v) is 13.4. The van der Waals surface area contributed by atoms with E-state index in [2.05, 4.69) is 118 Å². The van der Waals surface area contributed by atoms with Gasteiger partial charge in [0.1, 0.15) is 12.7 Å². The van der Waals surface area contributed by atoms with Crippen LogP contribution in [0.1, 0.15) is 252 Å². The van der Waals surface area contributed by atoms with Crippen LogP contribution < -0.4 is 0 Å². The minimum atomic E-state index is -4.77. The summed E-state index contributed by atoms with van der Waals surface area (Å²) >= 11 is 0. The first-order valence-electron chi connectivity index (χ1n) is 30.1. The van der Waals surface area contributed by atoms with Crippen LogP contribution in [-0.2, 0) is 42.2 Å². The molecule has 436 valence electrons. The van der Waals surface area contributed by atoms with Crippen LogP contribution in [0.5, 0.6) is 0 Å². The number of hydrogen-bond acceptors (Lipinski definition) is 10. The van der Waals surface area contributed by atoms with Crippen molar-refractivity contribution < 1.29 is 52.2 Å². The lowest BCUT2D eigenvalue weighted by molar-refractivity contribution is -0.161. The first-order chi connectivity index (χ1) is 37.2. The van der Waals surface area contributed by atoms with Crippen LogP contribution in [0.3, 0.4) is 0 Å². The lowest BCUT2D eigenvalue weighted by Crippen LogP contribution is -2.30. The van der Waals surface area contributed by atoms with Crippen molar-refractivity contribution in [1.29, 1.82) is 0 Å². The summed E-state index contributed by atoms with van der Waals surface area (Å²) < 4.78 is 39.5. The Morgan fingerprint density at radius 2 is 0.684 bits per heavy atom. The van der Waals surface area contributed by atoms with Gasteiger partial charge in [-0.25, -0.2) is 4.57 Å². The van der Waals surface area contributed by atoms with E-state index in [1.165, 1.54) is 64.2 Å². The maximum Gasteiger partial charge on any atom is 0.472 e. The molecule has 0 bridgehead atoms. The van der Waals surface area contributed by atoms with Crippen LogP contribution in [0.25, 0.3) is 0 Å². The molecule has 0 spiro atoms. The summed E-state index contributed by atoms with van der Waals surface area (Å²) in [4.78, 5) is 48.6. The standard InChI is InChI=1S/C64H109O11P/c1-4-7-10-13-16-19-22-25-27-29-30-32-34-37-40-43-46-49-52-55-64(68)75-61(57-71-62(66)53-50-47-44-41-38-36-33-31-28-26-23-20-17-14-11-8-5-2)59-73-76(69,70)72-58-60(56-65)74-63(67)54-51-48-45-42-39-35-24-21-18-15-12-9-6-3/h9,12,16-21,25-28,30,32,35,39,60-61,65H,4-8,10-11,13-15,22-24,29,31,33-34,36-38,40-59H2,1-3H3,(H,69,70)/b12-9-,19-16-,20-17-,21-18-,27-25-,28-26-,32-30-,39-35-. The highest BCUT2D eigenvalue weighted by Crippen LogP contribution is 2.43. The molecular weight excluding hydrogens is 976 g/mol. The van der Waals surface area contributed by atoms with Crippen LogP contribution in [-0.4, -0.2) is 66.5 Å². The number of hydrogen-bond donors (Lipinski definition) is 2. The SMILES string of the molecule is CC/C=C\C/C=C\C/C=C\CCCCCC(=O)OC(CO)COP(=O)(O)OCC(COC(=O)CCCCCCCCC/C=C\C/C=C\CCCCC)OC(=O)CCCCCCCC/C=C\C/C=C\C/C=C\CCCCC. The van der Waals surface area contributed by atoms with E-state index in [-0.39, 0.29) is 25.9 Å². The van der Waals surface area contributed by atoms with Gasteiger partial charge in [0.2, 0.25) is 0 Å². The first-order valence-corrected chi connectivity index (χ1v) is 31.6.